The van der Waals surface area contributed by atoms with E-state index in [4.69, 9.17) is 5.73 Å². The number of hydrogen-bond acceptors (Lipinski definition) is 1. The third-order valence-corrected chi connectivity index (χ3v) is 3.64. The first kappa shape index (κ1) is 12.5. The number of nitrogens with one attached hydrogen (secondary N) is 1. The summed E-state index contributed by atoms with van der Waals surface area (Å²) in [6.07, 6.45) is 2.77. The predicted molar refractivity (Wildman–Crippen MR) is 81.6 cm³/mol. The number of aromatic nitrogens is 1. The van der Waals surface area contributed by atoms with Gasteiger partial charge in [-0.3, -0.25) is 4.79 Å². The molecule has 0 fully saturated rings. The number of H-pyrrole nitrogens is 1. The van der Waals surface area contributed by atoms with Crippen molar-refractivity contribution in [3.05, 3.63) is 59.8 Å². The summed E-state index contributed by atoms with van der Waals surface area (Å²) in [5.74, 6) is -0.387. The van der Waals surface area contributed by atoms with Crippen LogP contribution in [0.4, 0.5) is 0 Å². The van der Waals surface area contributed by atoms with Gasteiger partial charge >= 0.3 is 0 Å². The summed E-state index contributed by atoms with van der Waals surface area (Å²) in [7, 11) is 0. The van der Waals surface area contributed by atoms with Crippen LogP contribution in [0.15, 0.2) is 48.7 Å². The minimum absolute atomic E-state index is 0.387. The molecule has 0 radical (unpaired) electrons. The van der Waals surface area contributed by atoms with E-state index in [-0.39, 0.29) is 5.91 Å². The second kappa shape index (κ2) is 4.85. The third-order valence-electron chi connectivity index (χ3n) is 3.64. The third kappa shape index (κ3) is 1.97. The van der Waals surface area contributed by atoms with E-state index >= 15 is 0 Å². The van der Waals surface area contributed by atoms with Crippen molar-refractivity contribution >= 4 is 16.8 Å². The molecule has 0 aliphatic rings. The molecule has 0 unspecified atom stereocenters. The number of hydrogen-bond donors (Lipinski definition) is 2. The van der Waals surface area contributed by atoms with Gasteiger partial charge in [-0.2, -0.15) is 0 Å². The Morgan fingerprint density at radius 1 is 1.20 bits per heavy atom. The molecule has 0 spiro atoms. The fraction of sp³-hybridized carbons (Fsp3) is 0.118. The molecule has 3 N–H and O–H groups in total. The SMILES string of the molecule is CCc1cccc(C(N)=O)c1-c1ccc2cc[nH]c2c1. The Hall–Kier alpha value is -2.55. The number of benzene rings is 2. The van der Waals surface area contributed by atoms with E-state index < -0.39 is 0 Å². The molecule has 20 heavy (non-hydrogen) atoms. The van der Waals surface area contributed by atoms with Gasteiger partial charge < -0.3 is 10.7 Å². The number of rotatable bonds is 3. The molecule has 2 aromatic carbocycles. The second-order valence-corrected chi connectivity index (χ2v) is 4.84. The molecule has 0 atom stereocenters. The van der Waals surface area contributed by atoms with Crippen molar-refractivity contribution in [2.24, 2.45) is 5.73 Å². The van der Waals surface area contributed by atoms with Gasteiger partial charge in [-0.1, -0.05) is 31.2 Å². The molecule has 1 amide bonds. The number of carbonyl (C=O) groups excluding carboxylic acids is 1. The predicted octanol–water partition coefficient (Wildman–Crippen LogP) is 3.50. The minimum atomic E-state index is -0.387. The molecule has 0 saturated carbocycles. The number of aryl methyl sites for hydroxylation is 1. The molecule has 3 nitrogen and oxygen atoms in total. The van der Waals surface area contributed by atoms with E-state index in [1.54, 1.807) is 6.07 Å². The number of primary amides is 1. The first-order valence-corrected chi connectivity index (χ1v) is 6.70. The molecule has 1 heterocycles. The smallest absolute Gasteiger partial charge is 0.249 e. The Bertz CT molecular complexity index is 787. The van der Waals surface area contributed by atoms with Crippen LogP contribution in [0, 0.1) is 0 Å². The van der Waals surface area contributed by atoms with Crippen LogP contribution in [-0.2, 0) is 6.42 Å². The van der Waals surface area contributed by atoms with E-state index in [0.29, 0.717) is 5.56 Å². The average molecular weight is 264 g/mol. The summed E-state index contributed by atoms with van der Waals surface area (Å²) in [5.41, 5.74) is 10.3. The summed E-state index contributed by atoms with van der Waals surface area (Å²) in [4.78, 5) is 14.9. The molecule has 0 aliphatic carbocycles. The fourth-order valence-corrected chi connectivity index (χ4v) is 2.64. The maximum Gasteiger partial charge on any atom is 0.249 e. The first-order chi connectivity index (χ1) is 9.70. The standard InChI is InChI=1S/C17H16N2O/c1-2-11-4-3-5-14(17(18)20)16(11)13-7-6-12-8-9-19-15(12)10-13/h3-10,19H,2H2,1H3,(H2,18,20). The Morgan fingerprint density at radius 2 is 2.05 bits per heavy atom. The van der Waals surface area contributed by atoms with Gasteiger partial charge in [0.2, 0.25) is 5.91 Å². The zero-order valence-corrected chi connectivity index (χ0v) is 11.3. The molecule has 100 valence electrons. The largest absolute Gasteiger partial charge is 0.366 e. The number of nitrogens with two attached hydrogens (primary N) is 1. The maximum absolute atomic E-state index is 11.7. The van der Waals surface area contributed by atoms with Gasteiger partial charge in [-0.25, -0.2) is 0 Å². The van der Waals surface area contributed by atoms with Crippen LogP contribution >= 0.6 is 0 Å². The summed E-state index contributed by atoms with van der Waals surface area (Å²) in [5, 5.41) is 1.16. The number of aromatic amines is 1. The molecule has 1 aromatic heterocycles. The first-order valence-electron chi connectivity index (χ1n) is 6.70. The van der Waals surface area contributed by atoms with Crippen LogP contribution in [0.25, 0.3) is 22.0 Å². The van der Waals surface area contributed by atoms with Gasteiger partial charge in [-0.05, 0) is 46.7 Å². The van der Waals surface area contributed by atoms with Gasteiger partial charge in [-0.15, -0.1) is 0 Å². The quantitative estimate of drug-likeness (QED) is 0.747. The maximum atomic E-state index is 11.7. The highest BCUT2D eigenvalue weighted by Crippen LogP contribution is 2.30. The molecule has 3 rings (SSSR count). The van der Waals surface area contributed by atoms with Crippen molar-refractivity contribution in [3.8, 4) is 11.1 Å². The van der Waals surface area contributed by atoms with Crippen molar-refractivity contribution in [1.29, 1.82) is 0 Å². The van der Waals surface area contributed by atoms with Crippen molar-refractivity contribution in [2.45, 2.75) is 13.3 Å². The Kier molecular flexibility index (Phi) is 3.03. The number of carbonyl (C=O) groups is 1. The Labute approximate surface area is 117 Å². The van der Waals surface area contributed by atoms with Crippen LogP contribution in [0.3, 0.4) is 0 Å². The van der Waals surface area contributed by atoms with Crippen molar-refractivity contribution in [3.63, 3.8) is 0 Å². The Morgan fingerprint density at radius 3 is 2.80 bits per heavy atom. The van der Waals surface area contributed by atoms with Crippen LogP contribution in [0.2, 0.25) is 0 Å². The van der Waals surface area contributed by atoms with Gasteiger partial charge in [0.15, 0.2) is 0 Å². The van der Waals surface area contributed by atoms with Crippen LogP contribution in [0.5, 0.6) is 0 Å². The summed E-state index contributed by atoms with van der Waals surface area (Å²) < 4.78 is 0. The van der Waals surface area contributed by atoms with Crippen molar-refractivity contribution in [1.82, 2.24) is 4.98 Å². The van der Waals surface area contributed by atoms with Crippen LogP contribution in [0.1, 0.15) is 22.8 Å². The van der Waals surface area contributed by atoms with Crippen LogP contribution < -0.4 is 5.73 Å². The van der Waals surface area contributed by atoms with Gasteiger partial charge in [0.05, 0.1) is 0 Å². The lowest BCUT2D eigenvalue weighted by Crippen LogP contribution is -2.13. The monoisotopic (exact) mass is 264 g/mol. The highest BCUT2D eigenvalue weighted by atomic mass is 16.1. The number of fused-ring (bicyclic) bond motifs is 1. The lowest BCUT2D eigenvalue weighted by molar-refractivity contribution is 0.100. The lowest BCUT2D eigenvalue weighted by atomic mass is 9.92. The molecular formula is C17H16N2O. The van der Waals surface area contributed by atoms with Crippen molar-refractivity contribution < 1.29 is 4.79 Å². The lowest BCUT2D eigenvalue weighted by Gasteiger charge is -2.12. The van der Waals surface area contributed by atoms with Gasteiger partial charge in [0.25, 0.3) is 0 Å². The van der Waals surface area contributed by atoms with E-state index in [1.807, 2.05) is 30.5 Å². The number of amides is 1. The molecule has 3 aromatic rings. The second-order valence-electron chi connectivity index (χ2n) is 4.84. The normalized spacial score (nSPS) is 10.8. The van der Waals surface area contributed by atoms with E-state index in [2.05, 4.69) is 24.0 Å². The average Bonchev–Trinajstić information content (AvgIpc) is 2.93. The zero-order valence-electron chi connectivity index (χ0n) is 11.3. The van der Waals surface area contributed by atoms with Crippen LogP contribution in [-0.4, -0.2) is 10.9 Å². The highest BCUT2D eigenvalue weighted by Gasteiger charge is 2.14. The Balaban J connectivity index is 2.28. The fourth-order valence-electron chi connectivity index (χ4n) is 2.64. The molecule has 0 bridgehead atoms. The van der Waals surface area contributed by atoms with Crippen molar-refractivity contribution in [2.75, 3.05) is 0 Å². The van der Waals surface area contributed by atoms with Gasteiger partial charge in [0.1, 0.15) is 0 Å². The minimum Gasteiger partial charge on any atom is -0.366 e. The molecule has 0 aliphatic heterocycles. The highest BCUT2D eigenvalue weighted by molar-refractivity contribution is 6.01. The molecular weight excluding hydrogens is 248 g/mol. The molecule has 3 heteroatoms. The summed E-state index contributed by atoms with van der Waals surface area (Å²) in [6, 6.07) is 13.9. The van der Waals surface area contributed by atoms with Gasteiger partial charge in [0, 0.05) is 17.3 Å². The van der Waals surface area contributed by atoms with E-state index in [1.165, 1.54) is 0 Å². The topological polar surface area (TPSA) is 58.9 Å². The summed E-state index contributed by atoms with van der Waals surface area (Å²) >= 11 is 0. The van der Waals surface area contributed by atoms with E-state index in [9.17, 15) is 4.79 Å². The summed E-state index contributed by atoms with van der Waals surface area (Å²) in [6.45, 7) is 2.08. The molecule has 0 saturated heterocycles. The zero-order chi connectivity index (χ0) is 14.1. The van der Waals surface area contributed by atoms with E-state index in [0.717, 1.165) is 34.0 Å².